The van der Waals surface area contributed by atoms with Crippen molar-refractivity contribution in [1.82, 2.24) is 9.55 Å². The van der Waals surface area contributed by atoms with Crippen LogP contribution in [0.4, 0.5) is 0 Å². The van der Waals surface area contributed by atoms with Crippen LogP contribution >= 0.6 is 35.4 Å². The number of fused-ring (bicyclic) bond motifs is 1. The Labute approximate surface area is 116 Å². The van der Waals surface area contributed by atoms with Crippen molar-refractivity contribution in [2.75, 3.05) is 12.0 Å². The van der Waals surface area contributed by atoms with Crippen molar-refractivity contribution in [3.8, 4) is 0 Å². The molecule has 0 radical (unpaired) electrons. The fraction of sp³-hybridized carbons (Fsp3) is 0.300. The first kappa shape index (κ1) is 13.1. The van der Waals surface area contributed by atoms with Gasteiger partial charge in [0, 0.05) is 29.4 Å². The highest BCUT2D eigenvalue weighted by atomic mass is 35.5. The van der Waals surface area contributed by atoms with E-state index in [1.807, 2.05) is 4.57 Å². The van der Waals surface area contributed by atoms with Gasteiger partial charge < -0.3 is 9.55 Å². The third kappa shape index (κ3) is 2.73. The van der Waals surface area contributed by atoms with Gasteiger partial charge in [0.15, 0.2) is 4.77 Å². The van der Waals surface area contributed by atoms with Gasteiger partial charge in [0.05, 0.1) is 21.1 Å². The summed E-state index contributed by atoms with van der Waals surface area (Å²) in [5, 5.41) is 0.973. The number of imidazole rings is 1. The number of nitrogens with one attached hydrogen (secondary N) is 1. The first-order chi connectivity index (χ1) is 7.99. The monoisotopic (exact) mass is 308 g/mol. The molecule has 1 aromatic carbocycles. The average Bonchev–Trinajstić information content (AvgIpc) is 2.52. The van der Waals surface area contributed by atoms with Crippen molar-refractivity contribution in [2.45, 2.75) is 6.54 Å². The van der Waals surface area contributed by atoms with E-state index in [-0.39, 0.29) is 0 Å². The lowest BCUT2D eigenvalue weighted by molar-refractivity contribution is 0.678. The zero-order valence-corrected chi connectivity index (χ0v) is 12.1. The lowest BCUT2D eigenvalue weighted by Crippen LogP contribution is -2.06. The molecule has 1 N–H and O–H groups in total. The molecular weight excluding hydrogens is 299 g/mol. The van der Waals surface area contributed by atoms with Crippen LogP contribution in [0, 0.1) is 4.77 Å². The number of H-pyrrole nitrogens is 1. The molecule has 1 heterocycles. The normalized spacial score (nSPS) is 13.1. The summed E-state index contributed by atoms with van der Waals surface area (Å²) in [7, 11) is -0.851. The molecule has 3 nitrogen and oxygen atoms in total. The fourth-order valence-corrected chi connectivity index (χ4v) is 2.65. The van der Waals surface area contributed by atoms with Crippen LogP contribution in [-0.4, -0.2) is 25.8 Å². The predicted octanol–water partition coefficient (Wildman–Crippen LogP) is 3.38. The maximum atomic E-state index is 11.1. The fourth-order valence-electron chi connectivity index (χ4n) is 1.59. The van der Waals surface area contributed by atoms with Gasteiger partial charge in [0.25, 0.3) is 0 Å². The molecule has 0 saturated carbocycles. The Kier molecular flexibility index (Phi) is 3.92. The second kappa shape index (κ2) is 5.10. The summed E-state index contributed by atoms with van der Waals surface area (Å²) in [5.74, 6) is 0.557. The van der Waals surface area contributed by atoms with Crippen LogP contribution in [0.2, 0.25) is 10.0 Å². The van der Waals surface area contributed by atoms with Crippen molar-refractivity contribution >= 4 is 57.3 Å². The van der Waals surface area contributed by atoms with Gasteiger partial charge in [-0.2, -0.15) is 0 Å². The second-order valence-corrected chi connectivity index (χ2v) is 6.40. The molecule has 0 amide bonds. The number of rotatable bonds is 3. The van der Waals surface area contributed by atoms with Crippen LogP contribution < -0.4 is 0 Å². The quantitative estimate of drug-likeness (QED) is 0.883. The van der Waals surface area contributed by atoms with Gasteiger partial charge in [0.2, 0.25) is 0 Å². The molecule has 0 spiro atoms. The molecule has 1 unspecified atom stereocenters. The number of benzene rings is 1. The number of halogens is 2. The van der Waals surface area contributed by atoms with Gasteiger partial charge >= 0.3 is 0 Å². The van der Waals surface area contributed by atoms with Crippen LogP contribution in [0.5, 0.6) is 0 Å². The predicted molar refractivity (Wildman–Crippen MR) is 76.1 cm³/mol. The summed E-state index contributed by atoms with van der Waals surface area (Å²) in [6, 6.07) is 3.51. The summed E-state index contributed by atoms with van der Waals surface area (Å²) in [4.78, 5) is 3.05. The van der Waals surface area contributed by atoms with Gasteiger partial charge in [0.1, 0.15) is 0 Å². The molecule has 2 rings (SSSR count). The van der Waals surface area contributed by atoms with E-state index in [9.17, 15) is 4.21 Å². The molecule has 0 aliphatic heterocycles. The zero-order chi connectivity index (χ0) is 12.6. The smallest absolute Gasteiger partial charge is 0.178 e. The van der Waals surface area contributed by atoms with E-state index in [0.717, 1.165) is 11.0 Å². The Morgan fingerprint density at radius 2 is 2.06 bits per heavy atom. The second-order valence-electron chi connectivity index (χ2n) is 3.64. The van der Waals surface area contributed by atoms with Crippen molar-refractivity contribution in [2.24, 2.45) is 0 Å². The SMILES string of the molecule is CS(=O)CCn1c(=S)[nH]c2cc(Cl)c(Cl)cc21. The Hall–Kier alpha value is -0.360. The Morgan fingerprint density at radius 3 is 2.71 bits per heavy atom. The largest absolute Gasteiger partial charge is 0.331 e. The highest BCUT2D eigenvalue weighted by Gasteiger charge is 2.08. The molecule has 0 bridgehead atoms. The molecule has 0 aliphatic rings. The lowest BCUT2D eigenvalue weighted by Gasteiger charge is -2.03. The number of nitrogens with zero attached hydrogens (tertiary/aromatic N) is 1. The molecular formula is C10H10Cl2N2OS2. The minimum atomic E-state index is -0.851. The summed E-state index contributed by atoms with van der Waals surface area (Å²) in [6.45, 7) is 0.597. The Balaban J connectivity index is 2.54. The minimum Gasteiger partial charge on any atom is -0.331 e. The molecule has 7 heteroatoms. The topological polar surface area (TPSA) is 37.8 Å². The molecule has 17 heavy (non-hydrogen) atoms. The van der Waals surface area contributed by atoms with Crippen molar-refractivity contribution < 1.29 is 4.21 Å². The number of aromatic nitrogens is 2. The molecule has 2 aromatic rings. The van der Waals surface area contributed by atoms with E-state index < -0.39 is 10.8 Å². The van der Waals surface area contributed by atoms with Gasteiger partial charge in [-0.3, -0.25) is 4.21 Å². The molecule has 1 atom stereocenters. The number of hydrogen-bond donors (Lipinski definition) is 1. The van der Waals surface area contributed by atoms with E-state index in [1.165, 1.54) is 0 Å². The maximum absolute atomic E-state index is 11.1. The zero-order valence-electron chi connectivity index (χ0n) is 9.00. The van der Waals surface area contributed by atoms with Crippen LogP contribution in [0.3, 0.4) is 0 Å². The van der Waals surface area contributed by atoms with Crippen LogP contribution in [0.15, 0.2) is 12.1 Å². The van der Waals surface area contributed by atoms with E-state index >= 15 is 0 Å². The molecule has 0 saturated heterocycles. The summed E-state index contributed by atoms with van der Waals surface area (Å²) >= 11 is 17.1. The van der Waals surface area contributed by atoms with Gasteiger partial charge in [-0.15, -0.1) is 0 Å². The van der Waals surface area contributed by atoms with Gasteiger partial charge in [-0.1, -0.05) is 23.2 Å². The molecule has 0 aliphatic carbocycles. The number of hydrogen-bond acceptors (Lipinski definition) is 2. The first-order valence-corrected chi connectivity index (χ1v) is 7.76. The van der Waals surface area contributed by atoms with E-state index in [0.29, 0.717) is 27.1 Å². The molecule has 92 valence electrons. The van der Waals surface area contributed by atoms with Crippen molar-refractivity contribution in [3.63, 3.8) is 0 Å². The van der Waals surface area contributed by atoms with Crippen molar-refractivity contribution in [1.29, 1.82) is 0 Å². The Bertz CT molecular complexity index is 648. The number of aromatic amines is 1. The number of aryl methyl sites for hydroxylation is 1. The summed E-state index contributed by atoms with van der Waals surface area (Å²) in [6.07, 6.45) is 1.67. The van der Waals surface area contributed by atoms with Crippen LogP contribution in [-0.2, 0) is 17.3 Å². The van der Waals surface area contributed by atoms with Gasteiger partial charge in [-0.05, 0) is 24.4 Å². The van der Waals surface area contributed by atoms with Crippen LogP contribution in [0.25, 0.3) is 11.0 Å². The highest BCUT2D eigenvalue weighted by molar-refractivity contribution is 7.84. The molecule has 0 fully saturated rings. The van der Waals surface area contributed by atoms with Gasteiger partial charge in [-0.25, -0.2) is 0 Å². The maximum Gasteiger partial charge on any atom is 0.178 e. The van der Waals surface area contributed by atoms with Crippen molar-refractivity contribution in [3.05, 3.63) is 26.9 Å². The average molecular weight is 309 g/mol. The van der Waals surface area contributed by atoms with E-state index in [1.54, 1.807) is 18.4 Å². The minimum absolute atomic E-state index is 0.486. The summed E-state index contributed by atoms with van der Waals surface area (Å²) < 4.78 is 13.6. The van der Waals surface area contributed by atoms with E-state index in [2.05, 4.69) is 4.98 Å². The summed E-state index contributed by atoms with van der Waals surface area (Å²) in [5.41, 5.74) is 1.72. The lowest BCUT2D eigenvalue weighted by atomic mass is 10.3. The Morgan fingerprint density at radius 1 is 1.41 bits per heavy atom. The molecule has 1 aromatic heterocycles. The third-order valence-corrected chi connectivity index (χ3v) is 4.22. The first-order valence-electron chi connectivity index (χ1n) is 4.86. The highest BCUT2D eigenvalue weighted by Crippen LogP contribution is 2.27. The van der Waals surface area contributed by atoms with Crippen LogP contribution in [0.1, 0.15) is 0 Å². The van der Waals surface area contributed by atoms with E-state index in [4.69, 9.17) is 35.4 Å². The standard InChI is InChI=1S/C10H10Cl2N2OS2/c1-17(15)3-2-14-9-5-7(12)6(11)4-8(9)13-10(14)16/h4-5H,2-3H2,1H3,(H,13,16). The third-order valence-electron chi connectivity index (χ3n) is 2.42.